The molecule has 0 spiro atoms. The topological polar surface area (TPSA) is 83.5 Å². The van der Waals surface area contributed by atoms with Crippen LogP contribution in [0.5, 0.6) is 0 Å². The molecule has 20 heavy (non-hydrogen) atoms. The SMILES string of the molecule is C=CCOCCOCCOCCOCCOCC(=O)O. The monoisotopic (exact) mass is 292 g/mol. The van der Waals surface area contributed by atoms with Crippen molar-refractivity contribution in [3.63, 3.8) is 0 Å². The van der Waals surface area contributed by atoms with Gasteiger partial charge in [0.2, 0.25) is 0 Å². The average Bonchev–Trinajstić information content (AvgIpc) is 2.43. The van der Waals surface area contributed by atoms with Crippen LogP contribution in [0.1, 0.15) is 0 Å². The second-order valence-electron chi connectivity index (χ2n) is 3.65. The van der Waals surface area contributed by atoms with E-state index < -0.39 is 5.97 Å². The van der Waals surface area contributed by atoms with Crippen molar-refractivity contribution in [1.82, 2.24) is 0 Å². The fourth-order valence-corrected chi connectivity index (χ4v) is 1.10. The summed E-state index contributed by atoms with van der Waals surface area (Å²) in [6, 6.07) is 0. The highest BCUT2D eigenvalue weighted by atomic mass is 16.6. The lowest BCUT2D eigenvalue weighted by molar-refractivity contribution is -0.142. The Bertz CT molecular complexity index is 233. The van der Waals surface area contributed by atoms with Crippen LogP contribution in [0, 0.1) is 0 Å². The Morgan fingerprint density at radius 3 is 1.60 bits per heavy atom. The highest BCUT2D eigenvalue weighted by Gasteiger charge is 1.96. The molecule has 7 nitrogen and oxygen atoms in total. The number of carbonyl (C=O) groups is 1. The highest BCUT2D eigenvalue weighted by molar-refractivity contribution is 5.67. The maximum absolute atomic E-state index is 10.1. The molecule has 0 radical (unpaired) electrons. The molecule has 0 bridgehead atoms. The summed E-state index contributed by atoms with van der Waals surface area (Å²) in [5, 5.41) is 8.31. The number of carboxylic acid groups (broad SMARTS) is 1. The first kappa shape index (κ1) is 19.0. The van der Waals surface area contributed by atoms with E-state index in [2.05, 4.69) is 6.58 Å². The van der Waals surface area contributed by atoms with E-state index in [9.17, 15) is 4.79 Å². The van der Waals surface area contributed by atoms with Crippen LogP contribution in [-0.4, -0.2) is 77.1 Å². The average molecular weight is 292 g/mol. The number of hydrogen-bond acceptors (Lipinski definition) is 6. The molecule has 0 fully saturated rings. The fraction of sp³-hybridized carbons (Fsp3) is 0.769. The first-order chi connectivity index (χ1) is 9.77. The van der Waals surface area contributed by atoms with Crippen molar-refractivity contribution in [3.05, 3.63) is 12.7 Å². The minimum Gasteiger partial charge on any atom is -0.480 e. The first-order valence-electron chi connectivity index (χ1n) is 6.48. The maximum Gasteiger partial charge on any atom is 0.329 e. The van der Waals surface area contributed by atoms with Gasteiger partial charge in [-0.25, -0.2) is 4.79 Å². The van der Waals surface area contributed by atoms with Gasteiger partial charge < -0.3 is 28.8 Å². The van der Waals surface area contributed by atoms with Gasteiger partial charge in [0.05, 0.1) is 59.5 Å². The summed E-state index contributed by atoms with van der Waals surface area (Å²) in [5.74, 6) is -0.983. The standard InChI is InChI=1S/C13H24O7/c1-2-3-16-4-5-17-6-7-18-8-9-19-10-11-20-12-13(14)15/h2H,1,3-12H2,(H,14,15). The summed E-state index contributed by atoms with van der Waals surface area (Å²) >= 11 is 0. The molecule has 0 aromatic heterocycles. The van der Waals surface area contributed by atoms with Crippen molar-refractivity contribution in [2.24, 2.45) is 0 Å². The Labute approximate surface area is 119 Å². The summed E-state index contributed by atoms with van der Waals surface area (Å²) in [5.41, 5.74) is 0. The van der Waals surface area contributed by atoms with E-state index in [0.29, 0.717) is 52.9 Å². The summed E-state index contributed by atoms with van der Waals surface area (Å²) in [7, 11) is 0. The number of carboxylic acids is 1. The van der Waals surface area contributed by atoms with Gasteiger partial charge in [-0.3, -0.25) is 0 Å². The zero-order chi connectivity index (χ0) is 14.9. The second-order valence-corrected chi connectivity index (χ2v) is 3.65. The summed E-state index contributed by atoms with van der Waals surface area (Å²) in [6.07, 6.45) is 1.69. The van der Waals surface area contributed by atoms with Gasteiger partial charge in [-0.15, -0.1) is 6.58 Å². The van der Waals surface area contributed by atoms with Crippen molar-refractivity contribution in [3.8, 4) is 0 Å². The minimum atomic E-state index is -0.983. The summed E-state index contributed by atoms with van der Waals surface area (Å²) in [6.45, 7) is 7.40. The van der Waals surface area contributed by atoms with E-state index in [-0.39, 0.29) is 13.2 Å². The molecule has 118 valence electrons. The quantitative estimate of drug-likeness (QED) is 0.324. The molecule has 0 saturated carbocycles. The van der Waals surface area contributed by atoms with Crippen molar-refractivity contribution in [1.29, 1.82) is 0 Å². The van der Waals surface area contributed by atoms with E-state index in [4.69, 9.17) is 28.8 Å². The van der Waals surface area contributed by atoms with Crippen LogP contribution >= 0.6 is 0 Å². The largest absolute Gasteiger partial charge is 0.480 e. The summed E-state index contributed by atoms with van der Waals surface area (Å²) in [4.78, 5) is 10.1. The predicted octanol–water partition coefficient (Wildman–Crippen LogP) is 0.340. The van der Waals surface area contributed by atoms with Crippen LogP contribution in [0.15, 0.2) is 12.7 Å². The first-order valence-corrected chi connectivity index (χ1v) is 6.48. The van der Waals surface area contributed by atoms with E-state index in [1.54, 1.807) is 6.08 Å². The molecule has 0 heterocycles. The molecule has 0 atom stereocenters. The van der Waals surface area contributed by atoms with E-state index in [0.717, 1.165) is 0 Å². The van der Waals surface area contributed by atoms with Gasteiger partial charge in [-0.05, 0) is 0 Å². The van der Waals surface area contributed by atoms with Gasteiger partial charge in [0.1, 0.15) is 6.61 Å². The minimum absolute atomic E-state index is 0.264. The fourth-order valence-electron chi connectivity index (χ4n) is 1.10. The molecule has 0 aromatic rings. The van der Waals surface area contributed by atoms with Gasteiger partial charge >= 0.3 is 5.97 Å². The Hall–Kier alpha value is -0.990. The van der Waals surface area contributed by atoms with Crippen molar-refractivity contribution < 1.29 is 33.6 Å². The van der Waals surface area contributed by atoms with Crippen LogP contribution in [0.3, 0.4) is 0 Å². The molecule has 0 unspecified atom stereocenters. The third-order valence-electron chi connectivity index (χ3n) is 1.95. The number of rotatable bonds is 16. The molecule has 0 amide bonds. The molecular weight excluding hydrogens is 268 g/mol. The van der Waals surface area contributed by atoms with Gasteiger partial charge in [0, 0.05) is 0 Å². The van der Waals surface area contributed by atoms with Crippen molar-refractivity contribution >= 4 is 5.97 Å². The van der Waals surface area contributed by atoms with Crippen molar-refractivity contribution in [2.75, 3.05) is 66.1 Å². The molecule has 7 heteroatoms. The highest BCUT2D eigenvalue weighted by Crippen LogP contribution is 1.83. The molecule has 1 N–H and O–H groups in total. The summed E-state index contributed by atoms with van der Waals surface area (Å²) < 4.78 is 25.6. The Morgan fingerprint density at radius 1 is 0.800 bits per heavy atom. The van der Waals surface area contributed by atoms with E-state index in [1.807, 2.05) is 0 Å². The van der Waals surface area contributed by atoms with Crippen LogP contribution < -0.4 is 0 Å². The van der Waals surface area contributed by atoms with Gasteiger partial charge in [-0.1, -0.05) is 6.08 Å². The van der Waals surface area contributed by atoms with Crippen molar-refractivity contribution in [2.45, 2.75) is 0 Å². The molecule has 0 aromatic carbocycles. The van der Waals surface area contributed by atoms with Crippen LogP contribution in [-0.2, 0) is 28.5 Å². The second kappa shape index (κ2) is 16.1. The molecule has 0 aliphatic rings. The van der Waals surface area contributed by atoms with E-state index >= 15 is 0 Å². The Kier molecular flexibility index (Phi) is 15.3. The zero-order valence-corrected chi connectivity index (χ0v) is 11.8. The third kappa shape index (κ3) is 17.0. The van der Waals surface area contributed by atoms with E-state index in [1.165, 1.54) is 0 Å². The smallest absolute Gasteiger partial charge is 0.329 e. The predicted molar refractivity (Wildman–Crippen MR) is 71.9 cm³/mol. The number of aliphatic carboxylic acids is 1. The molecule has 0 rings (SSSR count). The molecule has 0 saturated heterocycles. The van der Waals surface area contributed by atoms with Crippen LogP contribution in [0.25, 0.3) is 0 Å². The normalized spacial score (nSPS) is 10.6. The third-order valence-corrected chi connectivity index (χ3v) is 1.95. The number of ether oxygens (including phenoxy) is 5. The van der Waals surface area contributed by atoms with Gasteiger partial charge in [0.25, 0.3) is 0 Å². The lowest BCUT2D eigenvalue weighted by Crippen LogP contribution is -2.14. The molecular formula is C13H24O7. The lowest BCUT2D eigenvalue weighted by atomic mass is 10.6. The van der Waals surface area contributed by atoms with Crippen LogP contribution in [0.4, 0.5) is 0 Å². The molecule has 0 aliphatic heterocycles. The van der Waals surface area contributed by atoms with Gasteiger partial charge in [-0.2, -0.15) is 0 Å². The Morgan fingerprint density at radius 2 is 1.20 bits per heavy atom. The lowest BCUT2D eigenvalue weighted by Gasteiger charge is -2.07. The van der Waals surface area contributed by atoms with Gasteiger partial charge in [0.15, 0.2) is 0 Å². The van der Waals surface area contributed by atoms with Crippen LogP contribution in [0.2, 0.25) is 0 Å². The maximum atomic E-state index is 10.1. The molecule has 0 aliphatic carbocycles. The Balaban J connectivity index is 2.95. The zero-order valence-electron chi connectivity index (χ0n) is 11.8. The number of hydrogen-bond donors (Lipinski definition) is 1.